The van der Waals surface area contributed by atoms with E-state index in [1.165, 1.54) is 30.3 Å². The number of phenols is 1. The monoisotopic (exact) mass is 424 g/mol. The summed E-state index contributed by atoms with van der Waals surface area (Å²) in [6.45, 7) is 3.40. The number of ketones is 1. The molecule has 0 saturated heterocycles. The maximum atomic E-state index is 14.8. The highest BCUT2D eigenvalue weighted by Gasteiger charge is 2.46. The number of aromatic hydroxyl groups is 1. The van der Waals surface area contributed by atoms with E-state index in [1.807, 2.05) is 0 Å². The number of phenolic OH excluding ortho intramolecular Hbond substituents is 1. The molecule has 3 aromatic rings. The van der Waals surface area contributed by atoms with Crippen molar-refractivity contribution in [1.82, 2.24) is 4.98 Å². The number of aliphatic hydroxyl groups excluding tert-OH is 1. The number of nitrogens with zero attached hydrogens (tertiary/aromatic N) is 2. The summed E-state index contributed by atoms with van der Waals surface area (Å²) < 4.78 is 14.8. The summed E-state index contributed by atoms with van der Waals surface area (Å²) in [5.41, 5.74) is 0.298. The number of aromatic nitrogens is 1. The van der Waals surface area contributed by atoms with E-state index in [1.54, 1.807) is 32.0 Å². The first-order valence-corrected chi connectivity index (χ1v) is 9.90. The highest BCUT2D eigenvalue weighted by molar-refractivity contribution is 7.14. The van der Waals surface area contributed by atoms with Crippen LogP contribution in [-0.4, -0.2) is 26.9 Å². The van der Waals surface area contributed by atoms with Crippen LogP contribution in [0.2, 0.25) is 0 Å². The van der Waals surface area contributed by atoms with Gasteiger partial charge in [0.25, 0.3) is 5.91 Å². The molecule has 2 N–H and O–H groups in total. The third kappa shape index (κ3) is 3.05. The first kappa shape index (κ1) is 19.8. The van der Waals surface area contributed by atoms with Crippen molar-refractivity contribution in [2.24, 2.45) is 0 Å². The van der Waals surface area contributed by atoms with Crippen LogP contribution in [0.15, 0.2) is 59.9 Å². The molecule has 0 saturated carbocycles. The number of aliphatic hydroxyl groups is 1. The number of aryl methyl sites for hydroxylation is 2. The fourth-order valence-corrected chi connectivity index (χ4v) is 4.48. The summed E-state index contributed by atoms with van der Waals surface area (Å²) in [4.78, 5) is 31.9. The number of hydrogen-bond acceptors (Lipinski definition) is 6. The van der Waals surface area contributed by atoms with Crippen LogP contribution in [0.4, 0.5) is 10.1 Å². The molecule has 2 heterocycles. The highest BCUT2D eigenvalue weighted by atomic mass is 32.1. The Labute approximate surface area is 175 Å². The number of Topliss-reactive ketones (excluding diaryl/α,β-unsaturated/α-hetero) is 1. The van der Waals surface area contributed by atoms with Gasteiger partial charge in [0, 0.05) is 5.56 Å². The molecular weight excluding hydrogens is 407 g/mol. The predicted molar refractivity (Wildman–Crippen MR) is 110 cm³/mol. The van der Waals surface area contributed by atoms with Gasteiger partial charge in [-0.05, 0) is 32.0 Å². The summed E-state index contributed by atoms with van der Waals surface area (Å²) in [6.07, 6.45) is 0. The molecule has 152 valence electrons. The number of rotatable bonds is 4. The van der Waals surface area contributed by atoms with E-state index in [-0.39, 0.29) is 27.5 Å². The molecule has 0 fully saturated rings. The van der Waals surface area contributed by atoms with E-state index in [4.69, 9.17) is 0 Å². The Kier molecular flexibility index (Phi) is 4.87. The van der Waals surface area contributed by atoms with Gasteiger partial charge in [0.2, 0.25) is 5.78 Å². The fraction of sp³-hybridized carbons (Fsp3) is 0.136. The number of thiazole rings is 1. The smallest absolute Gasteiger partial charge is 0.294 e. The molecule has 30 heavy (non-hydrogen) atoms. The lowest BCUT2D eigenvalue weighted by Crippen LogP contribution is -2.31. The predicted octanol–water partition coefficient (Wildman–Crippen LogP) is 4.39. The normalized spacial score (nSPS) is 16.4. The zero-order valence-electron chi connectivity index (χ0n) is 16.1. The second kappa shape index (κ2) is 7.38. The van der Waals surface area contributed by atoms with Gasteiger partial charge in [-0.2, -0.15) is 0 Å². The van der Waals surface area contributed by atoms with Crippen molar-refractivity contribution < 1.29 is 24.2 Å². The average Bonchev–Trinajstić information content (AvgIpc) is 3.18. The van der Waals surface area contributed by atoms with E-state index >= 15 is 0 Å². The fourth-order valence-electron chi connectivity index (χ4n) is 3.61. The van der Waals surface area contributed by atoms with Gasteiger partial charge in [0.05, 0.1) is 32.9 Å². The van der Waals surface area contributed by atoms with Crippen LogP contribution < -0.4 is 4.90 Å². The van der Waals surface area contributed by atoms with Gasteiger partial charge in [-0.25, -0.2) is 9.37 Å². The maximum Gasteiger partial charge on any atom is 0.294 e. The van der Waals surface area contributed by atoms with Crippen molar-refractivity contribution in [1.29, 1.82) is 0 Å². The topological polar surface area (TPSA) is 90.7 Å². The third-order valence-corrected chi connectivity index (χ3v) is 5.98. The standard InChI is InChI=1S/C22H17FN2O4S/c1-11-21(30-12(2)24-11)19(27)17-18(13-7-3-4-8-14(13)23)25(22(29)20(17)28)15-9-5-6-10-16(15)26/h3-10,18,26,28H,1-2H3. The number of anilines is 1. The number of amides is 1. The summed E-state index contributed by atoms with van der Waals surface area (Å²) in [5, 5.41) is 21.7. The first-order chi connectivity index (χ1) is 14.3. The second-order valence-electron chi connectivity index (χ2n) is 6.83. The van der Waals surface area contributed by atoms with E-state index in [9.17, 15) is 24.2 Å². The molecule has 2 aromatic carbocycles. The van der Waals surface area contributed by atoms with Crippen molar-refractivity contribution in [3.05, 3.63) is 86.8 Å². The van der Waals surface area contributed by atoms with Crippen LogP contribution >= 0.6 is 11.3 Å². The van der Waals surface area contributed by atoms with Gasteiger partial charge < -0.3 is 10.2 Å². The number of benzene rings is 2. The molecule has 1 aliphatic rings. The van der Waals surface area contributed by atoms with Crippen molar-refractivity contribution in [2.75, 3.05) is 4.90 Å². The van der Waals surface area contributed by atoms with E-state index in [0.717, 1.165) is 16.2 Å². The van der Waals surface area contributed by atoms with Gasteiger partial charge in [0.15, 0.2) is 5.76 Å². The minimum Gasteiger partial charge on any atom is -0.506 e. The first-order valence-electron chi connectivity index (χ1n) is 9.09. The zero-order valence-corrected chi connectivity index (χ0v) is 16.9. The number of carbonyl (C=O) groups excluding carboxylic acids is 2. The van der Waals surface area contributed by atoms with Gasteiger partial charge >= 0.3 is 0 Å². The molecule has 1 aliphatic heterocycles. The quantitative estimate of drug-likeness (QED) is 0.607. The summed E-state index contributed by atoms with van der Waals surface area (Å²) >= 11 is 1.14. The van der Waals surface area contributed by atoms with Crippen LogP contribution in [0.3, 0.4) is 0 Å². The molecule has 1 aromatic heterocycles. The number of halogens is 1. The lowest BCUT2D eigenvalue weighted by molar-refractivity contribution is -0.117. The Morgan fingerprint density at radius 1 is 1.10 bits per heavy atom. The molecule has 0 bridgehead atoms. The molecular formula is C22H17FN2O4S. The number of hydrogen-bond donors (Lipinski definition) is 2. The van der Waals surface area contributed by atoms with E-state index in [0.29, 0.717) is 10.7 Å². The maximum absolute atomic E-state index is 14.8. The molecule has 6 nitrogen and oxygen atoms in total. The minimum absolute atomic E-state index is 0.0281. The number of carbonyl (C=O) groups is 2. The summed E-state index contributed by atoms with van der Waals surface area (Å²) in [6, 6.07) is 10.5. The summed E-state index contributed by atoms with van der Waals surface area (Å²) in [5.74, 6) is -3.16. The lowest BCUT2D eigenvalue weighted by atomic mass is 9.94. The Bertz CT molecular complexity index is 1220. The number of para-hydroxylation sites is 2. The Hall–Kier alpha value is -3.52. The molecule has 1 atom stereocenters. The van der Waals surface area contributed by atoms with Gasteiger partial charge in [0.1, 0.15) is 11.6 Å². The van der Waals surface area contributed by atoms with Gasteiger partial charge in [-0.1, -0.05) is 30.3 Å². The second-order valence-corrected chi connectivity index (χ2v) is 8.03. The van der Waals surface area contributed by atoms with Gasteiger partial charge in [-0.15, -0.1) is 11.3 Å². The van der Waals surface area contributed by atoms with E-state index < -0.39 is 29.3 Å². The molecule has 4 rings (SSSR count). The minimum atomic E-state index is -1.25. The van der Waals surface area contributed by atoms with E-state index in [2.05, 4.69) is 4.98 Å². The highest BCUT2D eigenvalue weighted by Crippen LogP contribution is 2.45. The van der Waals surface area contributed by atoms with Crippen molar-refractivity contribution in [3.8, 4) is 5.75 Å². The van der Waals surface area contributed by atoms with Crippen molar-refractivity contribution >= 4 is 28.7 Å². The molecule has 8 heteroatoms. The van der Waals surface area contributed by atoms with Crippen LogP contribution in [0.1, 0.15) is 32.0 Å². The molecule has 0 radical (unpaired) electrons. The van der Waals surface area contributed by atoms with Crippen LogP contribution in [0, 0.1) is 19.7 Å². The SMILES string of the molecule is Cc1nc(C)c(C(=O)C2=C(O)C(=O)N(c3ccccc3O)C2c2ccccc2F)s1. The average molecular weight is 424 g/mol. The molecule has 1 unspecified atom stereocenters. The molecule has 0 spiro atoms. The largest absolute Gasteiger partial charge is 0.506 e. The van der Waals surface area contributed by atoms with Crippen molar-refractivity contribution in [3.63, 3.8) is 0 Å². The van der Waals surface area contributed by atoms with Crippen LogP contribution in [0.25, 0.3) is 0 Å². The Morgan fingerprint density at radius 2 is 1.77 bits per heavy atom. The zero-order chi connectivity index (χ0) is 21.6. The van der Waals surface area contributed by atoms with Crippen LogP contribution in [-0.2, 0) is 4.79 Å². The third-order valence-electron chi connectivity index (χ3n) is 4.90. The van der Waals surface area contributed by atoms with Gasteiger partial charge in [-0.3, -0.25) is 14.5 Å². The summed E-state index contributed by atoms with van der Waals surface area (Å²) in [7, 11) is 0. The Morgan fingerprint density at radius 3 is 2.40 bits per heavy atom. The Balaban J connectivity index is 1.95. The lowest BCUT2D eigenvalue weighted by Gasteiger charge is -2.27. The molecule has 1 amide bonds. The van der Waals surface area contributed by atoms with Crippen LogP contribution in [0.5, 0.6) is 5.75 Å². The molecule has 0 aliphatic carbocycles. The van der Waals surface area contributed by atoms with Crippen molar-refractivity contribution in [2.45, 2.75) is 19.9 Å².